The van der Waals surface area contributed by atoms with Crippen LogP contribution in [0.25, 0.3) is 0 Å². The van der Waals surface area contributed by atoms with E-state index in [1.807, 2.05) is 19.1 Å². The number of esters is 2. The van der Waals surface area contributed by atoms with Gasteiger partial charge in [-0.2, -0.15) is 0 Å². The van der Waals surface area contributed by atoms with E-state index in [0.717, 1.165) is 11.1 Å². The molecule has 0 N–H and O–H groups in total. The Morgan fingerprint density at radius 2 is 2.25 bits per heavy atom. The second-order valence-electron chi connectivity index (χ2n) is 3.76. The third kappa shape index (κ3) is 1.78. The normalized spacial score (nSPS) is 17.9. The van der Waals surface area contributed by atoms with Crippen molar-refractivity contribution in [2.45, 2.75) is 19.4 Å². The Morgan fingerprint density at radius 3 is 2.94 bits per heavy atom. The standard InChI is InChI=1S/C12H12O4/c1-7-3-4-8-9(5-7)10(16-12(8)14)6-11(13)15-2/h3-5,10H,6H2,1-2H3. The first-order valence-corrected chi connectivity index (χ1v) is 5.00. The third-order valence-electron chi connectivity index (χ3n) is 2.60. The number of ether oxygens (including phenoxy) is 2. The van der Waals surface area contributed by atoms with Crippen LogP contribution in [0.1, 0.15) is 34.0 Å². The van der Waals surface area contributed by atoms with Crippen molar-refractivity contribution in [3.05, 3.63) is 34.9 Å². The molecule has 1 aromatic carbocycles. The summed E-state index contributed by atoms with van der Waals surface area (Å²) in [5.41, 5.74) is 2.35. The van der Waals surface area contributed by atoms with Gasteiger partial charge in [0.2, 0.25) is 0 Å². The van der Waals surface area contributed by atoms with Gasteiger partial charge >= 0.3 is 11.9 Å². The molecule has 4 heteroatoms. The van der Waals surface area contributed by atoms with Crippen molar-refractivity contribution in [3.63, 3.8) is 0 Å². The predicted octanol–water partition coefficient (Wildman–Crippen LogP) is 1.77. The van der Waals surface area contributed by atoms with Gasteiger partial charge in [-0.1, -0.05) is 17.7 Å². The highest BCUT2D eigenvalue weighted by molar-refractivity contribution is 5.94. The summed E-state index contributed by atoms with van der Waals surface area (Å²) in [4.78, 5) is 22.6. The number of cyclic esters (lactones) is 1. The largest absolute Gasteiger partial charge is 0.469 e. The lowest BCUT2D eigenvalue weighted by atomic mass is 10.0. The van der Waals surface area contributed by atoms with Gasteiger partial charge in [-0.05, 0) is 13.0 Å². The number of aryl methyl sites for hydroxylation is 1. The molecule has 0 fully saturated rings. The molecule has 0 radical (unpaired) electrons. The fourth-order valence-electron chi connectivity index (χ4n) is 1.78. The number of carbonyl (C=O) groups excluding carboxylic acids is 2. The van der Waals surface area contributed by atoms with Gasteiger partial charge in [0.05, 0.1) is 19.1 Å². The Balaban J connectivity index is 2.30. The van der Waals surface area contributed by atoms with Crippen LogP contribution in [0.4, 0.5) is 0 Å². The Hall–Kier alpha value is -1.84. The molecule has 2 rings (SSSR count). The maximum Gasteiger partial charge on any atom is 0.339 e. The van der Waals surface area contributed by atoms with Gasteiger partial charge < -0.3 is 9.47 Å². The summed E-state index contributed by atoms with van der Waals surface area (Å²) in [6, 6.07) is 5.44. The van der Waals surface area contributed by atoms with Gasteiger partial charge in [0, 0.05) is 5.56 Å². The van der Waals surface area contributed by atoms with Crippen molar-refractivity contribution in [2.75, 3.05) is 7.11 Å². The van der Waals surface area contributed by atoms with E-state index in [4.69, 9.17) is 4.74 Å². The molecule has 1 aliphatic heterocycles. The first kappa shape index (κ1) is 10.7. The molecule has 4 nitrogen and oxygen atoms in total. The van der Waals surface area contributed by atoms with E-state index in [0.29, 0.717) is 5.56 Å². The summed E-state index contributed by atoms with van der Waals surface area (Å²) in [5, 5.41) is 0. The van der Waals surface area contributed by atoms with Crippen LogP contribution in [0.5, 0.6) is 0 Å². The average Bonchev–Trinajstić information content (AvgIpc) is 2.55. The third-order valence-corrected chi connectivity index (χ3v) is 2.60. The van der Waals surface area contributed by atoms with Gasteiger partial charge in [0.15, 0.2) is 0 Å². The molecule has 1 heterocycles. The minimum absolute atomic E-state index is 0.0681. The highest BCUT2D eigenvalue weighted by Crippen LogP contribution is 2.33. The number of benzene rings is 1. The SMILES string of the molecule is COC(=O)CC1OC(=O)c2ccc(C)cc21. The first-order chi connectivity index (χ1) is 7.61. The van der Waals surface area contributed by atoms with Crippen molar-refractivity contribution in [2.24, 2.45) is 0 Å². The number of carbonyl (C=O) groups is 2. The van der Waals surface area contributed by atoms with Crippen molar-refractivity contribution in [3.8, 4) is 0 Å². The fraction of sp³-hybridized carbons (Fsp3) is 0.333. The Kier molecular flexibility index (Phi) is 2.64. The van der Waals surface area contributed by atoms with E-state index in [1.54, 1.807) is 6.07 Å². The van der Waals surface area contributed by atoms with Crippen LogP contribution < -0.4 is 0 Å². The van der Waals surface area contributed by atoms with Crippen LogP contribution in [-0.2, 0) is 14.3 Å². The van der Waals surface area contributed by atoms with Crippen LogP contribution in [0.15, 0.2) is 18.2 Å². The summed E-state index contributed by atoms with van der Waals surface area (Å²) in [5.74, 6) is -0.754. The summed E-state index contributed by atoms with van der Waals surface area (Å²) < 4.78 is 9.68. The molecule has 0 aliphatic carbocycles. The van der Waals surface area contributed by atoms with Gasteiger partial charge in [-0.25, -0.2) is 4.79 Å². The van der Waals surface area contributed by atoms with E-state index in [1.165, 1.54) is 7.11 Å². The highest BCUT2D eigenvalue weighted by Gasteiger charge is 2.32. The summed E-state index contributed by atoms with van der Waals surface area (Å²) in [6.07, 6.45) is -0.437. The van der Waals surface area contributed by atoms with Crippen molar-refractivity contribution in [1.82, 2.24) is 0 Å². The molecule has 0 spiro atoms. The van der Waals surface area contributed by atoms with Crippen molar-refractivity contribution in [1.29, 1.82) is 0 Å². The topological polar surface area (TPSA) is 52.6 Å². The molecule has 1 atom stereocenters. The molecule has 0 amide bonds. The van der Waals surface area contributed by atoms with Gasteiger partial charge in [-0.3, -0.25) is 4.79 Å². The van der Waals surface area contributed by atoms with Gasteiger partial charge in [0.25, 0.3) is 0 Å². The zero-order valence-corrected chi connectivity index (χ0v) is 9.15. The maximum atomic E-state index is 11.5. The Morgan fingerprint density at radius 1 is 1.50 bits per heavy atom. The van der Waals surface area contributed by atoms with Crippen molar-refractivity contribution >= 4 is 11.9 Å². The minimum atomic E-state index is -0.505. The Labute approximate surface area is 93.2 Å². The van der Waals surface area contributed by atoms with E-state index in [-0.39, 0.29) is 18.4 Å². The fourth-order valence-corrected chi connectivity index (χ4v) is 1.78. The number of hydrogen-bond acceptors (Lipinski definition) is 4. The zero-order valence-electron chi connectivity index (χ0n) is 9.15. The second-order valence-corrected chi connectivity index (χ2v) is 3.76. The molecule has 1 unspecified atom stereocenters. The molecule has 16 heavy (non-hydrogen) atoms. The summed E-state index contributed by atoms with van der Waals surface area (Å²) >= 11 is 0. The lowest BCUT2D eigenvalue weighted by Gasteiger charge is -2.08. The lowest BCUT2D eigenvalue weighted by Crippen LogP contribution is -2.08. The van der Waals surface area contributed by atoms with Gasteiger partial charge in [-0.15, -0.1) is 0 Å². The first-order valence-electron chi connectivity index (χ1n) is 5.00. The molecule has 0 aromatic heterocycles. The summed E-state index contributed by atoms with van der Waals surface area (Å²) in [7, 11) is 1.32. The maximum absolute atomic E-state index is 11.5. The molecular weight excluding hydrogens is 208 g/mol. The van der Waals surface area contributed by atoms with Crippen LogP contribution in [0.2, 0.25) is 0 Å². The molecule has 84 valence electrons. The van der Waals surface area contributed by atoms with E-state index >= 15 is 0 Å². The van der Waals surface area contributed by atoms with E-state index < -0.39 is 6.10 Å². The van der Waals surface area contributed by atoms with Gasteiger partial charge in [0.1, 0.15) is 6.10 Å². The average molecular weight is 220 g/mol. The van der Waals surface area contributed by atoms with Crippen LogP contribution in [0.3, 0.4) is 0 Å². The summed E-state index contributed by atoms with van der Waals surface area (Å²) in [6.45, 7) is 1.93. The van der Waals surface area contributed by atoms with E-state index in [2.05, 4.69) is 4.74 Å². The lowest BCUT2D eigenvalue weighted by molar-refractivity contribution is -0.142. The molecule has 0 saturated carbocycles. The molecular formula is C12H12O4. The zero-order chi connectivity index (χ0) is 11.7. The number of methoxy groups -OCH3 is 1. The highest BCUT2D eigenvalue weighted by atomic mass is 16.6. The van der Waals surface area contributed by atoms with Crippen LogP contribution >= 0.6 is 0 Å². The smallest absolute Gasteiger partial charge is 0.339 e. The predicted molar refractivity (Wildman–Crippen MR) is 56.0 cm³/mol. The van der Waals surface area contributed by atoms with Crippen molar-refractivity contribution < 1.29 is 19.1 Å². The van der Waals surface area contributed by atoms with Crippen LogP contribution in [0, 0.1) is 6.92 Å². The molecule has 0 saturated heterocycles. The molecule has 0 bridgehead atoms. The Bertz CT molecular complexity index is 450. The number of rotatable bonds is 2. The number of hydrogen-bond donors (Lipinski definition) is 0. The molecule has 1 aromatic rings. The second kappa shape index (κ2) is 3.96. The monoisotopic (exact) mass is 220 g/mol. The van der Waals surface area contributed by atoms with Crippen LogP contribution in [-0.4, -0.2) is 19.0 Å². The van der Waals surface area contributed by atoms with E-state index in [9.17, 15) is 9.59 Å². The quantitative estimate of drug-likeness (QED) is 0.713. The minimum Gasteiger partial charge on any atom is -0.469 e. The number of fused-ring (bicyclic) bond motifs is 1. The molecule has 1 aliphatic rings.